The number of methoxy groups -OCH3 is 1. The Hall–Kier alpha value is -1.77. The van der Waals surface area contributed by atoms with Crippen LogP contribution in [0.2, 0.25) is 0 Å². The van der Waals surface area contributed by atoms with Crippen molar-refractivity contribution < 1.29 is 9.53 Å². The summed E-state index contributed by atoms with van der Waals surface area (Å²) in [6, 6.07) is 7.99. The Bertz CT molecular complexity index is 986. The third-order valence-electron chi connectivity index (χ3n) is 3.77. The van der Waals surface area contributed by atoms with Crippen LogP contribution in [0.4, 0.5) is 0 Å². The van der Waals surface area contributed by atoms with Crippen LogP contribution in [0.5, 0.6) is 0 Å². The van der Waals surface area contributed by atoms with Crippen molar-refractivity contribution in [3.05, 3.63) is 44.9 Å². The van der Waals surface area contributed by atoms with Crippen molar-refractivity contribution >= 4 is 43.4 Å². The molecule has 2 heterocycles. The molecule has 1 amide bonds. The lowest BCUT2D eigenvalue weighted by atomic mass is 10.3. The van der Waals surface area contributed by atoms with E-state index in [-0.39, 0.29) is 12.5 Å². The predicted octanol–water partition coefficient (Wildman–Crippen LogP) is 3.05. The Balaban J connectivity index is 1.99. The van der Waals surface area contributed by atoms with E-state index in [0.29, 0.717) is 18.0 Å². The van der Waals surface area contributed by atoms with Gasteiger partial charge in [-0.2, -0.15) is 10.1 Å². The highest BCUT2D eigenvalue weighted by Crippen LogP contribution is 2.22. The lowest BCUT2D eigenvalue weighted by Crippen LogP contribution is -2.21. The van der Waals surface area contributed by atoms with Crippen LogP contribution >= 0.6 is 27.3 Å². The van der Waals surface area contributed by atoms with Crippen LogP contribution in [-0.2, 0) is 22.6 Å². The molecule has 3 rings (SSSR count). The molecule has 3 aromatic rings. The molecule has 0 atom stereocenters. The van der Waals surface area contributed by atoms with Crippen molar-refractivity contribution in [3.8, 4) is 0 Å². The molecule has 132 valence electrons. The molecule has 0 aliphatic carbocycles. The van der Waals surface area contributed by atoms with Gasteiger partial charge in [0.25, 0.3) is 5.91 Å². The summed E-state index contributed by atoms with van der Waals surface area (Å²) < 4.78 is 11.0. The van der Waals surface area contributed by atoms with E-state index in [4.69, 9.17) is 4.74 Å². The second-order valence-electron chi connectivity index (χ2n) is 5.73. The highest BCUT2D eigenvalue weighted by atomic mass is 79.9. The first-order chi connectivity index (χ1) is 12.0. The molecule has 25 heavy (non-hydrogen) atoms. The van der Waals surface area contributed by atoms with Crippen molar-refractivity contribution in [3.63, 3.8) is 0 Å². The van der Waals surface area contributed by atoms with Crippen molar-refractivity contribution in [2.45, 2.75) is 26.9 Å². The molecule has 6 nitrogen and oxygen atoms in total. The number of hydrogen-bond acceptors (Lipinski definition) is 4. The Morgan fingerprint density at radius 3 is 2.84 bits per heavy atom. The lowest BCUT2D eigenvalue weighted by molar-refractivity contribution is -0.118. The molecule has 0 radical (unpaired) electrons. The summed E-state index contributed by atoms with van der Waals surface area (Å²) in [7, 11) is 1.66. The van der Waals surface area contributed by atoms with Gasteiger partial charge in [-0.3, -0.25) is 9.48 Å². The maximum Gasteiger partial charge on any atom is 0.270 e. The largest absolute Gasteiger partial charge is 0.383 e. The Morgan fingerprint density at radius 2 is 2.16 bits per heavy atom. The van der Waals surface area contributed by atoms with Crippen LogP contribution in [0.15, 0.2) is 33.7 Å². The Labute approximate surface area is 157 Å². The van der Waals surface area contributed by atoms with Crippen molar-refractivity contribution in [2.24, 2.45) is 4.99 Å². The van der Waals surface area contributed by atoms with Crippen LogP contribution in [0, 0.1) is 13.8 Å². The van der Waals surface area contributed by atoms with Gasteiger partial charge in [0, 0.05) is 23.8 Å². The van der Waals surface area contributed by atoms with E-state index in [9.17, 15) is 4.79 Å². The molecule has 2 aromatic heterocycles. The first-order valence-electron chi connectivity index (χ1n) is 7.84. The van der Waals surface area contributed by atoms with Gasteiger partial charge in [0.05, 0.1) is 22.5 Å². The molecule has 0 aliphatic rings. The van der Waals surface area contributed by atoms with Crippen LogP contribution in [0.3, 0.4) is 0 Å². The van der Waals surface area contributed by atoms with Gasteiger partial charge in [0.2, 0.25) is 0 Å². The zero-order chi connectivity index (χ0) is 18.0. The average molecular weight is 423 g/mol. The molecular formula is C17H19BrN4O2S. The standard InChI is InChI=1S/C17H19BrN4O2S/c1-11-8-12(2)22(20-11)10-16(23)19-17-21(6-7-24-3)14-5-4-13(18)9-15(14)25-17/h4-5,8-9H,6-7,10H2,1-3H3. The number of ether oxygens (including phenoxy) is 1. The van der Waals surface area contributed by atoms with Crippen LogP contribution in [0.25, 0.3) is 10.2 Å². The van der Waals surface area contributed by atoms with E-state index in [1.54, 1.807) is 11.8 Å². The summed E-state index contributed by atoms with van der Waals surface area (Å²) in [6.45, 7) is 5.18. The summed E-state index contributed by atoms with van der Waals surface area (Å²) in [4.78, 5) is 17.5. The molecule has 0 N–H and O–H groups in total. The van der Waals surface area contributed by atoms with E-state index in [1.165, 1.54) is 11.3 Å². The number of hydrogen-bond donors (Lipinski definition) is 0. The van der Waals surface area contributed by atoms with Gasteiger partial charge in [0.15, 0.2) is 4.80 Å². The summed E-state index contributed by atoms with van der Waals surface area (Å²) in [5, 5.41) is 4.32. The summed E-state index contributed by atoms with van der Waals surface area (Å²) in [5.74, 6) is -0.219. The number of rotatable bonds is 5. The molecule has 0 saturated carbocycles. The zero-order valence-corrected chi connectivity index (χ0v) is 16.7. The lowest BCUT2D eigenvalue weighted by Gasteiger charge is -2.04. The van der Waals surface area contributed by atoms with Gasteiger partial charge >= 0.3 is 0 Å². The number of benzene rings is 1. The minimum absolute atomic E-state index is 0.141. The number of aryl methyl sites for hydroxylation is 2. The summed E-state index contributed by atoms with van der Waals surface area (Å²) in [5.41, 5.74) is 2.89. The van der Waals surface area contributed by atoms with Crippen molar-refractivity contribution in [2.75, 3.05) is 13.7 Å². The van der Waals surface area contributed by atoms with E-state index in [0.717, 1.165) is 26.1 Å². The molecule has 0 fully saturated rings. The molecule has 1 aromatic carbocycles. The normalized spacial score (nSPS) is 12.2. The molecule has 0 saturated heterocycles. The van der Waals surface area contributed by atoms with Gasteiger partial charge in [-0.05, 0) is 38.1 Å². The summed E-state index contributed by atoms with van der Waals surface area (Å²) >= 11 is 4.98. The SMILES string of the molecule is COCCn1c(=NC(=O)Cn2nc(C)cc2C)sc2cc(Br)ccc21. The minimum atomic E-state index is -0.219. The zero-order valence-electron chi connectivity index (χ0n) is 14.3. The number of fused-ring (bicyclic) bond motifs is 1. The molecular weight excluding hydrogens is 404 g/mol. The Morgan fingerprint density at radius 1 is 1.36 bits per heavy atom. The second kappa shape index (κ2) is 7.63. The fraction of sp³-hybridized carbons (Fsp3) is 0.353. The van der Waals surface area contributed by atoms with E-state index in [2.05, 4.69) is 26.0 Å². The van der Waals surface area contributed by atoms with Crippen LogP contribution in [0.1, 0.15) is 11.4 Å². The first-order valence-corrected chi connectivity index (χ1v) is 9.45. The third-order valence-corrected chi connectivity index (χ3v) is 5.31. The van der Waals surface area contributed by atoms with Crippen LogP contribution in [-0.4, -0.2) is 34.0 Å². The number of aromatic nitrogens is 3. The van der Waals surface area contributed by atoms with Gasteiger partial charge in [-0.1, -0.05) is 27.3 Å². The highest BCUT2D eigenvalue weighted by Gasteiger charge is 2.10. The van der Waals surface area contributed by atoms with Gasteiger partial charge in [-0.25, -0.2) is 0 Å². The first kappa shape index (κ1) is 18.0. The maximum absolute atomic E-state index is 12.4. The highest BCUT2D eigenvalue weighted by molar-refractivity contribution is 9.10. The van der Waals surface area contributed by atoms with Crippen molar-refractivity contribution in [1.29, 1.82) is 0 Å². The van der Waals surface area contributed by atoms with Gasteiger partial charge < -0.3 is 9.30 Å². The second-order valence-corrected chi connectivity index (χ2v) is 7.66. The quantitative estimate of drug-likeness (QED) is 0.634. The topological polar surface area (TPSA) is 61.4 Å². The number of carbonyl (C=O) groups excluding carboxylic acids is 1. The van der Waals surface area contributed by atoms with Gasteiger partial charge in [-0.15, -0.1) is 0 Å². The number of thiazole rings is 1. The molecule has 0 unspecified atom stereocenters. The number of nitrogens with zero attached hydrogens (tertiary/aromatic N) is 4. The average Bonchev–Trinajstić information content (AvgIpc) is 3.03. The molecule has 0 spiro atoms. The predicted molar refractivity (Wildman–Crippen MR) is 102 cm³/mol. The number of amides is 1. The smallest absolute Gasteiger partial charge is 0.270 e. The minimum Gasteiger partial charge on any atom is -0.383 e. The molecule has 0 bridgehead atoms. The monoisotopic (exact) mass is 422 g/mol. The van der Waals surface area contributed by atoms with Gasteiger partial charge in [0.1, 0.15) is 6.54 Å². The van der Waals surface area contributed by atoms with E-state index in [1.807, 2.05) is 42.7 Å². The maximum atomic E-state index is 12.4. The third kappa shape index (κ3) is 4.08. The van der Waals surface area contributed by atoms with E-state index >= 15 is 0 Å². The number of carbonyl (C=O) groups is 1. The molecule has 0 aliphatic heterocycles. The van der Waals surface area contributed by atoms with E-state index < -0.39 is 0 Å². The number of halogens is 1. The van der Waals surface area contributed by atoms with Crippen LogP contribution < -0.4 is 4.80 Å². The Kier molecular flexibility index (Phi) is 5.51. The summed E-state index contributed by atoms with van der Waals surface area (Å²) in [6.07, 6.45) is 0. The van der Waals surface area contributed by atoms with Crippen molar-refractivity contribution in [1.82, 2.24) is 14.3 Å². The fourth-order valence-electron chi connectivity index (χ4n) is 2.64. The molecule has 8 heteroatoms. The fourth-order valence-corrected chi connectivity index (χ4v) is 4.26.